The molecular weight excluding hydrogens is 196 g/mol. The molecule has 0 aliphatic carbocycles. The zero-order valence-corrected chi connectivity index (χ0v) is 9.40. The van der Waals surface area contributed by atoms with Crippen molar-refractivity contribution in [2.45, 2.75) is 26.7 Å². The second-order valence-electron chi connectivity index (χ2n) is 3.42. The molecule has 1 nitrogen and oxygen atoms in total. The Bertz CT molecular complexity index is 331. The topological polar surface area (TPSA) is 17.1 Å². The summed E-state index contributed by atoms with van der Waals surface area (Å²) in [4.78, 5) is 11.2. The Labute approximate surface area is 90.1 Å². The molecule has 0 saturated heterocycles. The molecule has 0 amide bonds. The van der Waals surface area contributed by atoms with Crippen molar-refractivity contribution in [1.29, 1.82) is 0 Å². The van der Waals surface area contributed by atoms with Gasteiger partial charge in [0.05, 0.1) is 5.88 Å². The Hall–Kier alpha value is -0.820. The predicted octanol–water partition coefficient (Wildman–Crippen LogP) is 2.91. The lowest BCUT2D eigenvalue weighted by molar-refractivity contribution is -0.116. The van der Waals surface area contributed by atoms with Gasteiger partial charge in [0, 0.05) is 6.42 Å². The van der Waals surface area contributed by atoms with E-state index < -0.39 is 0 Å². The van der Waals surface area contributed by atoms with Crippen LogP contribution in [0.4, 0.5) is 0 Å². The minimum Gasteiger partial charge on any atom is -0.298 e. The molecule has 2 heteroatoms. The maximum absolute atomic E-state index is 11.2. The summed E-state index contributed by atoms with van der Waals surface area (Å²) in [7, 11) is 0. The van der Waals surface area contributed by atoms with Gasteiger partial charge in [0.15, 0.2) is 5.78 Å². The van der Waals surface area contributed by atoms with Gasteiger partial charge in [-0.05, 0) is 30.0 Å². The second-order valence-corrected chi connectivity index (χ2v) is 3.68. The number of Topliss-reactive ketones (excluding diaryl/α,β-unsaturated/α-hetero) is 1. The molecule has 0 aliphatic heterocycles. The smallest absolute Gasteiger partial charge is 0.151 e. The minimum absolute atomic E-state index is 0.0898. The molecule has 14 heavy (non-hydrogen) atoms. The van der Waals surface area contributed by atoms with Crippen molar-refractivity contribution in [3.8, 4) is 0 Å². The third-order valence-electron chi connectivity index (χ3n) is 2.40. The van der Waals surface area contributed by atoms with Gasteiger partial charge in [-0.2, -0.15) is 0 Å². The van der Waals surface area contributed by atoms with Gasteiger partial charge in [0.1, 0.15) is 0 Å². The Kier molecular flexibility index (Phi) is 4.15. The first kappa shape index (κ1) is 11.3. The van der Waals surface area contributed by atoms with Crippen LogP contribution in [0, 0.1) is 6.92 Å². The number of hydrogen-bond acceptors (Lipinski definition) is 1. The lowest BCUT2D eigenvalue weighted by Gasteiger charge is -2.09. The molecule has 0 radical (unpaired) electrons. The summed E-state index contributed by atoms with van der Waals surface area (Å²) in [6, 6.07) is 6.08. The predicted molar refractivity (Wildman–Crippen MR) is 60.0 cm³/mol. The average Bonchev–Trinajstić information content (AvgIpc) is 2.18. The summed E-state index contributed by atoms with van der Waals surface area (Å²) < 4.78 is 0. The van der Waals surface area contributed by atoms with Crippen molar-refractivity contribution in [3.63, 3.8) is 0 Å². The largest absolute Gasteiger partial charge is 0.298 e. The fourth-order valence-corrected chi connectivity index (χ4v) is 1.79. The number of carbonyl (C=O) groups is 1. The number of benzene rings is 1. The highest BCUT2D eigenvalue weighted by atomic mass is 35.5. The molecule has 0 aliphatic rings. The fourth-order valence-electron chi connectivity index (χ4n) is 1.69. The summed E-state index contributed by atoms with van der Waals surface area (Å²) in [6.07, 6.45) is 1.44. The number of halogens is 1. The van der Waals surface area contributed by atoms with Crippen LogP contribution in [0.5, 0.6) is 0 Å². The maximum Gasteiger partial charge on any atom is 0.151 e. The van der Waals surface area contributed by atoms with Gasteiger partial charge < -0.3 is 0 Å². The molecule has 1 rings (SSSR count). The zero-order chi connectivity index (χ0) is 10.6. The highest BCUT2D eigenvalue weighted by Gasteiger charge is 2.07. The Morgan fingerprint density at radius 3 is 2.71 bits per heavy atom. The molecule has 0 saturated carbocycles. The van der Waals surface area contributed by atoms with E-state index in [0.717, 1.165) is 12.0 Å². The molecule has 0 unspecified atom stereocenters. The van der Waals surface area contributed by atoms with E-state index in [1.165, 1.54) is 11.1 Å². The summed E-state index contributed by atoms with van der Waals surface area (Å²) in [6.45, 7) is 4.19. The fraction of sp³-hybridized carbons (Fsp3) is 0.417. The Balaban J connectivity index is 2.96. The molecule has 0 atom stereocenters. The van der Waals surface area contributed by atoms with E-state index in [4.69, 9.17) is 11.6 Å². The first-order valence-corrected chi connectivity index (χ1v) is 5.37. The highest BCUT2D eigenvalue weighted by molar-refractivity contribution is 6.27. The van der Waals surface area contributed by atoms with Crippen molar-refractivity contribution in [3.05, 3.63) is 34.9 Å². The summed E-state index contributed by atoms with van der Waals surface area (Å²) in [5, 5.41) is 0. The SMILES string of the molecule is CCc1c(C)cccc1CC(=O)CCl. The van der Waals surface area contributed by atoms with Gasteiger partial charge in [-0.1, -0.05) is 25.1 Å². The van der Waals surface area contributed by atoms with Crippen molar-refractivity contribution >= 4 is 17.4 Å². The molecule has 1 aromatic carbocycles. The first-order valence-electron chi connectivity index (χ1n) is 4.84. The van der Waals surface area contributed by atoms with E-state index in [9.17, 15) is 4.79 Å². The molecule has 76 valence electrons. The number of rotatable bonds is 4. The second kappa shape index (κ2) is 5.16. The summed E-state index contributed by atoms with van der Waals surface area (Å²) >= 11 is 5.49. The van der Waals surface area contributed by atoms with Crippen LogP contribution in [0.15, 0.2) is 18.2 Å². The van der Waals surface area contributed by atoms with Crippen LogP contribution in [0.3, 0.4) is 0 Å². The molecule has 0 aromatic heterocycles. The number of aryl methyl sites for hydroxylation is 1. The van der Waals surface area contributed by atoms with Crippen LogP contribution in [0.2, 0.25) is 0 Å². The van der Waals surface area contributed by atoms with E-state index >= 15 is 0 Å². The lowest BCUT2D eigenvalue weighted by atomic mass is 9.96. The lowest BCUT2D eigenvalue weighted by Crippen LogP contribution is -2.06. The third kappa shape index (κ3) is 2.58. The van der Waals surface area contributed by atoms with Crippen molar-refractivity contribution in [1.82, 2.24) is 0 Å². The van der Waals surface area contributed by atoms with Crippen LogP contribution in [0.25, 0.3) is 0 Å². The van der Waals surface area contributed by atoms with E-state index in [0.29, 0.717) is 6.42 Å². The van der Waals surface area contributed by atoms with Gasteiger partial charge in [-0.15, -0.1) is 11.6 Å². The van der Waals surface area contributed by atoms with Crippen molar-refractivity contribution < 1.29 is 4.79 Å². The summed E-state index contributed by atoms with van der Waals surface area (Å²) in [5.74, 6) is 0.198. The van der Waals surface area contributed by atoms with Gasteiger partial charge in [-0.3, -0.25) is 4.79 Å². The van der Waals surface area contributed by atoms with Gasteiger partial charge in [0.2, 0.25) is 0 Å². The number of alkyl halides is 1. The normalized spacial score (nSPS) is 10.2. The standard InChI is InChI=1S/C12H15ClO/c1-3-12-9(2)5-4-6-10(12)7-11(14)8-13/h4-6H,3,7-8H2,1-2H3. The average molecular weight is 211 g/mol. The van der Waals surface area contributed by atoms with Gasteiger partial charge >= 0.3 is 0 Å². The van der Waals surface area contributed by atoms with E-state index in [1.54, 1.807) is 0 Å². The number of hydrogen-bond donors (Lipinski definition) is 0. The first-order chi connectivity index (χ1) is 6.69. The molecule has 0 heterocycles. The molecular formula is C12H15ClO. The Morgan fingerprint density at radius 2 is 2.14 bits per heavy atom. The van der Waals surface area contributed by atoms with Crippen LogP contribution in [-0.4, -0.2) is 11.7 Å². The van der Waals surface area contributed by atoms with Crippen LogP contribution in [0.1, 0.15) is 23.6 Å². The maximum atomic E-state index is 11.2. The third-order valence-corrected chi connectivity index (χ3v) is 2.70. The van der Waals surface area contributed by atoms with Crippen LogP contribution >= 0.6 is 11.6 Å². The highest BCUT2D eigenvalue weighted by Crippen LogP contribution is 2.15. The molecule has 1 aromatic rings. The zero-order valence-electron chi connectivity index (χ0n) is 8.64. The minimum atomic E-state index is 0.0898. The molecule has 0 fully saturated rings. The number of carbonyl (C=O) groups excluding carboxylic acids is 1. The van der Waals surface area contributed by atoms with E-state index in [-0.39, 0.29) is 11.7 Å². The van der Waals surface area contributed by atoms with Crippen LogP contribution < -0.4 is 0 Å². The van der Waals surface area contributed by atoms with E-state index in [1.807, 2.05) is 12.1 Å². The Morgan fingerprint density at radius 1 is 1.43 bits per heavy atom. The summed E-state index contributed by atoms with van der Waals surface area (Å²) in [5.41, 5.74) is 3.66. The quantitative estimate of drug-likeness (QED) is 0.699. The number of ketones is 1. The van der Waals surface area contributed by atoms with Gasteiger partial charge in [0.25, 0.3) is 0 Å². The molecule has 0 bridgehead atoms. The monoisotopic (exact) mass is 210 g/mol. The van der Waals surface area contributed by atoms with Crippen molar-refractivity contribution in [2.75, 3.05) is 5.88 Å². The van der Waals surface area contributed by atoms with E-state index in [2.05, 4.69) is 19.9 Å². The van der Waals surface area contributed by atoms with Gasteiger partial charge in [-0.25, -0.2) is 0 Å². The van der Waals surface area contributed by atoms with Crippen LogP contribution in [-0.2, 0) is 17.6 Å². The molecule has 0 N–H and O–H groups in total. The molecule has 0 spiro atoms. The van der Waals surface area contributed by atoms with Crippen molar-refractivity contribution in [2.24, 2.45) is 0 Å².